The van der Waals surface area contributed by atoms with Crippen molar-refractivity contribution in [1.82, 2.24) is 14.4 Å². The van der Waals surface area contributed by atoms with Crippen molar-refractivity contribution in [3.8, 4) is 5.75 Å². The second-order valence-corrected chi connectivity index (χ2v) is 9.77. The van der Waals surface area contributed by atoms with Crippen molar-refractivity contribution < 1.29 is 14.3 Å². The van der Waals surface area contributed by atoms with Crippen molar-refractivity contribution in [2.45, 2.75) is 45.9 Å². The van der Waals surface area contributed by atoms with E-state index in [9.17, 15) is 9.59 Å². The average molecular weight is 524 g/mol. The van der Waals surface area contributed by atoms with Crippen molar-refractivity contribution in [1.29, 1.82) is 0 Å². The van der Waals surface area contributed by atoms with Crippen LogP contribution in [0.4, 0.5) is 0 Å². The topological polar surface area (TPSA) is 54.8 Å². The van der Waals surface area contributed by atoms with Crippen molar-refractivity contribution in [3.63, 3.8) is 0 Å². The molecule has 0 aliphatic carbocycles. The lowest BCUT2D eigenvalue weighted by Crippen LogP contribution is -2.46. The number of benzene rings is 3. The quantitative estimate of drug-likeness (QED) is 0.228. The van der Waals surface area contributed by atoms with E-state index in [4.69, 9.17) is 4.74 Å². The summed E-state index contributed by atoms with van der Waals surface area (Å²) in [4.78, 5) is 30.9. The van der Waals surface area contributed by atoms with Gasteiger partial charge in [0, 0.05) is 36.6 Å². The molecule has 4 aromatic rings. The minimum atomic E-state index is -0.126. The van der Waals surface area contributed by atoms with Crippen molar-refractivity contribution in [2.75, 3.05) is 13.7 Å². The number of hydrogen-bond donors (Lipinski definition) is 0. The lowest BCUT2D eigenvalue weighted by Gasteiger charge is -2.31. The van der Waals surface area contributed by atoms with Gasteiger partial charge >= 0.3 is 0 Å². The first kappa shape index (κ1) is 27.7. The summed E-state index contributed by atoms with van der Waals surface area (Å²) in [6.07, 6.45) is 2.79. The molecule has 6 heteroatoms. The van der Waals surface area contributed by atoms with Crippen molar-refractivity contribution in [3.05, 3.63) is 126 Å². The summed E-state index contributed by atoms with van der Waals surface area (Å²) >= 11 is 0. The summed E-state index contributed by atoms with van der Waals surface area (Å²) in [6, 6.07) is 31.2. The number of carbonyl (C=O) groups excluding carboxylic acids is 2. The molecule has 6 nitrogen and oxygen atoms in total. The van der Waals surface area contributed by atoms with E-state index >= 15 is 0 Å². The number of methoxy groups -OCH3 is 1. The zero-order chi connectivity index (χ0) is 27.6. The summed E-state index contributed by atoms with van der Waals surface area (Å²) in [5.41, 5.74) is 3.77. The van der Waals surface area contributed by atoms with Crippen LogP contribution in [0.1, 0.15) is 47.4 Å². The molecule has 1 atom stereocenters. The van der Waals surface area contributed by atoms with E-state index in [0.717, 1.165) is 29.0 Å². The summed E-state index contributed by atoms with van der Waals surface area (Å²) in [5.74, 6) is 0.604. The van der Waals surface area contributed by atoms with Gasteiger partial charge in [-0.1, -0.05) is 67.6 Å². The molecule has 0 bridgehead atoms. The molecule has 4 rings (SSSR count). The predicted octanol–water partition coefficient (Wildman–Crippen LogP) is 6.01. The van der Waals surface area contributed by atoms with Crippen molar-refractivity contribution >= 4 is 11.8 Å². The maximum Gasteiger partial charge on any atom is 0.254 e. The first-order valence-corrected chi connectivity index (χ1v) is 13.4. The third-order valence-electron chi connectivity index (χ3n) is 7.04. The molecule has 1 unspecified atom stereocenters. The zero-order valence-corrected chi connectivity index (χ0v) is 23.0. The highest BCUT2D eigenvalue weighted by Crippen LogP contribution is 2.18. The molecular weight excluding hydrogens is 486 g/mol. The van der Waals surface area contributed by atoms with Crippen LogP contribution in [0.2, 0.25) is 0 Å². The van der Waals surface area contributed by atoms with Gasteiger partial charge in [0.1, 0.15) is 12.3 Å². The molecule has 1 heterocycles. The maximum atomic E-state index is 13.9. The SMILES string of the molecule is CCC(C)N(CC(=O)N(Cc1ccccc1)Cc1cccn1Cc1cccc(OC)c1)C(=O)c1ccccc1. The Morgan fingerprint density at radius 2 is 1.54 bits per heavy atom. The molecule has 0 fully saturated rings. The van der Waals surface area contributed by atoms with Gasteiger partial charge in [-0.05, 0) is 60.9 Å². The molecular formula is C33H37N3O3. The second kappa shape index (κ2) is 13.5. The zero-order valence-electron chi connectivity index (χ0n) is 23.0. The van der Waals surface area contributed by atoms with E-state index < -0.39 is 0 Å². The van der Waals surface area contributed by atoms with Gasteiger partial charge < -0.3 is 19.1 Å². The Labute approximate surface area is 231 Å². The predicted molar refractivity (Wildman–Crippen MR) is 154 cm³/mol. The summed E-state index contributed by atoms with van der Waals surface area (Å²) in [6.45, 7) is 5.60. The first-order chi connectivity index (χ1) is 19.0. The van der Waals surface area contributed by atoms with E-state index in [1.54, 1.807) is 24.1 Å². The Morgan fingerprint density at radius 3 is 2.23 bits per heavy atom. The average Bonchev–Trinajstić information content (AvgIpc) is 3.41. The molecule has 2 amide bonds. The van der Waals surface area contributed by atoms with Crippen LogP contribution in [0.5, 0.6) is 5.75 Å². The Morgan fingerprint density at radius 1 is 0.846 bits per heavy atom. The van der Waals surface area contributed by atoms with Crippen LogP contribution >= 0.6 is 0 Å². The van der Waals surface area contributed by atoms with Crippen LogP contribution in [0.3, 0.4) is 0 Å². The highest BCUT2D eigenvalue weighted by atomic mass is 16.5. The number of amides is 2. The highest BCUT2D eigenvalue weighted by molar-refractivity contribution is 5.96. The van der Waals surface area contributed by atoms with Gasteiger partial charge in [-0.2, -0.15) is 0 Å². The van der Waals surface area contributed by atoms with E-state index in [-0.39, 0.29) is 24.4 Å². The molecule has 39 heavy (non-hydrogen) atoms. The molecule has 0 spiro atoms. The highest BCUT2D eigenvalue weighted by Gasteiger charge is 2.26. The lowest BCUT2D eigenvalue weighted by atomic mass is 10.1. The normalized spacial score (nSPS) is 11.6. The van der Waals surface area contributed by atoms with Crippen LogP contribution in [0.25, 0.3) is 0 Å². The number of carbonyl (C=O) groups is 2. The van der Waals surface area contributed by atoms with E-state index in [2.05, 4.69) is 10.6 Å². The van der Waals surface area contributed by atoms with Gasteiger partial charge in [-0.25, -0.2) is 0 Å². The minimum absolute atomic E-state index is 0.0200. The van der Waals surface area contributed by atoms with Gasteiger partial charge in [0.15, 0.2) is 0 Å². The summed E-state index contributed by atoms with van der Waals surface area (Å²) in [5, 5.41) is 0. The van der Waals surface area contributed by atoms with Gasteiger partial charge in [0.25, 0.3) is 5.91 Å². The molecule has 0 radical (unpaired) electrons. The smallest absolute Gasteiger partial charge is 0.254 e. The summed E-state index contributed by atoms with van der Waals surface area (Å²) in [7, 11) is 1.67. The fraction of sp³-hybridized carbons (Fsp3) is 0.273. The van der Waals surface area contributed by atoms with Crippen LogP contribution in [0.15, 0.2) is 103 Å². The third kappa shape index (κ3) is 7.38. The van der Waals surface area contributed by atoms with Crippen LogP contribution in [-0.2, 0) is 24.4 Å². The monoisotopic (exact) mass is 523 g/mol. The Balaban J connectivity index is 1.58. The maximum absolute atomic E-state index is 13.9. The molecule has 0 saturated heterocycles. The molecule has 3 aromatic carbocycles. The second-order valence-electron chi connectivity index (χ2n) is 9.77. The van der Waals surface area contributed by atoms with Crippen molar-refractivity contribution in [2.24, 2.45) is 0 Å². The standard InChI is InChI=1S/C33H37N3O3/c1-4-26(2)36(33(38)29-16-9-6-10-17-29)25-32(37)35(22-27-13-7-5-8-14-27)24-30-18-12-20-34(30)23-28-15-11-19-31(21-28)39-3/h5-21,26H,4,22-25H2,1-3H3. The number of ether oxygens (including phenoxy) is 1. The molecule has 1 aromatic heterocycles. The van der Waals surface area contributed by atoms with Gasteiger partial charge in [-0.15, -0.1) is 0 Å². The first-order valence-electron chi connectivity index (χ1n) is 13.4. The van der Waals surface area contributed by atoms with Crippen LogP contribution in [-0.4, -0.2) is 45.9 Å². The summed E-state index contributed by atoms with van der Waals surface area (Å²) < 4.78 is 7.54. The Hall–Kier alpha value is -4.32. The number of aromatic nitrogens is 1. The number of nitrogens with zero attached hydrogens (tertiary/aromatic N) is 3. The lowest BCUT2D eigenvalue weighted by molar-refractivity contribution is -0.133. The fourth-order valence-corrected chi connectivity index (χ4v) is 4.59. The van der Waals surface area contributed by atoms with Crippen LogP contribution in [0, 0.1) is 0 Å². The number of rotatable bonds is 12. The fourth-order valence-electron chi connectivity index (χ4n) is 4.59. The van der Waals surface area contributed by atoms with Crippen LogP contribution < -0.4 is 4.74 Å². The number of hydrogen-bond acceptors (Lipinski definition) is 3. The Kier molecular flexibility index (Phi) is 9.57. The molecule has 0 aliphatic heterocycles. The van der Waals surface area contributed by atoms with Gasteiger partial charge in [0.05, 0.1) is 13.7 Å². The third-order valence-corrected chi connectivity index (χ3v) is 7.04. The minimum Gasteiger partial charge on any atom is -0.497 e. The molecule has 202 valence electrons. The largest absolute Gasteiger partial charge is 0.497 e. The molecule has 0 saturated carbocycles. The van der Waals surface area contributed by atoms with E-state index in [1.807, 2.05) is 104 Å². The Bertz CT molecular complexity index is 1350. The van der Waals surface area contributed by atoms with Gasteiger partial charge in [0.2, 0.25) is 5.91 Å². The molecule has 0 N–H and O–H groups in total. The molecule has 0 aliphatic rings. The van der Waals surface area contributed by atoms with Gasteiger partial charge in [-0.3, -0.25) is 9.59 Å². The van der Waals surface area contributed by atoms with E-state index in [0.29, 0.717) is 25.2 Å². The van der Waals surface area contributed by atoms with E-state index in [1.165, 1.54) is 0 Å².